The third kappa shape index (κ3) is 4.66. The van der Waals surface area contributed by atoms with Gasteiger partial charge < -0.3 is 5.11 Å². The highest BCUT2D eigenvalue weighted by Crippen LogP contribution is 2.32. The van der Waals surface area contributed by atoms with E-state index < -0.39 is 21.7 Å². The zero-order valence-electron chi connectivity index (χ0n) is 10.8. The molecule has 1 aliphatic rings. The van der Waals surface area contributed by atoms with Crippen molar-refractivity contribution < 1.29 is 18.3 Å². The Balaban J connectivity index is 2.65. The summed E-state index contributed by atoms with van der Waals surface area (Å²) in [7, 11) is -2.99. The van der Waals surface area contributed by atoms with Gasteiger partial charge in [-0.05, 0) is 30.6 Å². The Kier molecular flexibility index (Phi) is 4.23. The number of hydrogen-bond acceptors (Lipinski definition) is 3. The molecule has 100 valence electrons. The zero-order chi connectivity index (χ0) is 13.3. The summed E-state index contributed by atoms with van der Waals surface area (Å²) < 4.78 is 22.8. The monoisotopic (exact) mass is 262 g/mol. The molecular formula is C12H22O4S. The van der Waals surface area contributed by atoms with Gasteiger partial charge in [0, 0.05) is 0 Å². The Hall–Kier alpha value is -0.580. The molecule has 1 aliphatic heterocycles. The summed E-state index contributed by atoms with van der Waals surface area (Å²) in [5, 5.41) is 9.21. The topological polar surface area (TPSA) is 71.4 Å². The van der Waals surface area contributed by atoms with Gasteiger partial charge in [-0.1, -0.05) is 20.8 Å². The quantitative estimate of drug-likeness (QED) is 0.840. The maximum atomic E-state index is 11.4. The van der Waals surface area contributed by atoms with Gasteiger partial charge in [0.05, 0.1) is 17.4 Å². The fraction of sp³-hybridized carbons (Fsp3) is 0.917. The molecular weight excluding hydrogens is 240 g/mol. The second-order valence-electron chi connectivity index (χ2n) is 6.21. The van der Waals surface area contributed by atoms with Gasteiger partial charge in [0.2, 0.25) is 0 Å². The van der Waals surface area contributed by atoms with Crippen LogP contribution in [0.1, 0.15) is 40.0 Å². The Morgan fingerprint density at radius 1 is 1.41 bits per heavy atom. The average molecular weight is 262 g/mol. The van der Waals surface area contributed by atoms with Gasteiger partial charge in [0.15, 0.2) is 9.84 Å². The van der Waals surface area contributed by atoms with E-state index in [2.05, 4.69) is 20.8 Å². The van der Waals surface area contributed by atoms with Crippen molar-refractivity contribution in [1.29, 1.82) is 0 Å². The van der Waals surface area contributed by atoms with Crippen LogP contribution < -0.4 is 0 Å². The summed E-state index contributed by atoms with van der Waals surface area (Å²) in [6.45, 7) is 6.20. The molecule has 1 N–H and O–H groups in total. The number of sulfone groups is 1. The standard InChI is InChI=1S/C12H22O4S/c1-12(2,3)6-4-10(11(13)14)9-5-7-17(15,16)8-9/h9-10H,4-8H2,1-3H3,(H,13,14). The second kappa shape index (κ2) is 4.96. The van der Waals surface area contributed by atoms with Crippen LogP contribution in [-0.2, 0) is 14.6 Å². The molecule has 1 saturated heterocycles. The summed E-state index contributed by atoms with van der Waals surface area (Å²) in [6.07, 6.45) is 1.88. The molecule has 0 amide bonds. The summed E-state index contributed by atoms with van der Waals surface area (Å²) in [6, 6.07) is 0. The van der Waals surface area contributed by atoms with Gasteiger partial charge >= 0.3 is 5.97 Å². The van der Waals surface area contributed by atoms with E-state index in [1.807, 2.05) is 0 Å². The van der Waals surface area contributed by atoms with Gasteiger partial charge in [-0.2, -0.15) is 0 Å². The molecule has 2 atom stereocenters. The van der Waals surface area contributed by atoms with Gasteiger partial charge in [0.25, 0.3) is 0 Å². The Morgan fingerprint density at radius 2 is 2.00 bits per heavy atom. The van der Waals surface area contributed by atoms with Crippen LogP contribution in [0.25, 0.3) is 0 Å². The molecule has 0 aromatic carbocycles. The van der Waals surface area contributed by atoms with Gasteiger partial charge in [-0.3, -0.25) is 4.79 Å². The maximum Gasteiger partial charge on any atom is 0.306 e. The summed E-state index contributed by atoms with van der Waals surface area (Å²) >= 11 is 0. The Morgan fingerprint density at radius 3 is 2.35 bits per heavy atom. The van der Waals surface area contributed by atoms with Crippen LogP contribution in [-0.4, -0.2) is 31.0 Å². The van der Waals surface area contributed by atoms with Gasteiger partial charge in [-0.15, -0.1) is 0 Å². The lowest BCUT2D eigenvalue weighted by atomic mass is 9.81. The van der Waals surface area contributed by atoms with Crippen molar-refractivity contribution >= 4 is 15.8 Å². The predicted molar refractivity (Wildman–Crippen MR) is 66.6 cm³/mol. The third-order valence-corrected chi connectivity index (χ3v) is 5.15. The second-order valence-corrected chi connectivity index (χ2v) is 8.44. The molecule has 1 fully saturated rings. The fourth-order valence-electron chi connectivity index (χ4n) is 2.29. The van der Waals surface area contributed by atoms with E-state index in [1.165, 1.54) is 0 Å². The van der Waals surface area contributed by atoms with Crippen molar-refractivity contribution in [2.75, 3.05) is 11.5 Å². The lowest BCUT2D eigenvalue weighted by Gasteiger charge is -2.23. The Bertz CT molecular complexity index is 378. The highest BCUT2D eigenvalue weighted by molar-refractivity contribution is 7.91. The molecule has 2 unspecified atom stereocenters. The van der Waals surface area contributed by atoms with Crippen molar-refractivity contribution in [3.63, 3.8) is 0 Å². The van der Waals surface area contributed by atoms with Crippen LogP contribution in [0.4, 0.5) is 0 Å². The maximum absolute atomic E-state index is 11.4. The number of hydrogen-bond donors (Lipinski definition) is 1. The molecule has 0 spiro atoms. The molecule has 0 aromatic heterocycles. The minimum atomic E-state index is -2.99. The number of carboxylic acids is 1. The van der Waals surface area contributed by atoms with Crippen molar-refractivity contribution in [3.05, 3.63) is 0 Å². The van der Waals surface area contributed by atoms with Crippen LogP contribution in [0.5, 0.6) is 0 Å². The third-order valence-electron chi connectivity index (χ3n) is 3.36. The number of carbonyl (C=O) groups is 1. The molecule has 0 aromatic rings. The fourth-order valence-corrected chi connectivity index (χ4v) is 4.17. The van der Waals surface area contributed by atoms with E-state index in [-0.39, 0.29) is 22.8 Å². The smallest absolute Gasteiger partial charge is 0.306 e. The van der Waals surface area contributed by atoms with E-state index in [0.717, 1.165) is 6.42 Å². The lowest BCUT2D eigenvalue weighted by molar-refractivity contribution is -0.143. The van der Waals surface area contributed by atoms with Crippen LogP contribution in [0.15, 0.2) is 0 Å². The van der Waals surface area contributed by atoms with Crippen LogP contribution in [0, 0.1) is 17.3 Å². The van der Waals surface area contributed by atoms with E-state index in [0.29, 0.717) is 12.8 Å². The Labute approximate surface area is 103 Å². The molecule has 17 heavy (non-hydrogen) atoms. The first-order valence-corrected chi connectivity index (χ1v) is 7.86. The highest BCUT2D eigenvalue weighted by atomic mass is 32.2. The molecule has 1 rings (SSSR count). The molecule has 4 nitrogen and oxygen atoms in total. The minimum Gasteiger partial charge on any atom is -0.481 e. The number of carboxylic acid groups (broad SMARTS) is 1. The van der Waals surface area contributed by atoms with Crippen molar-refractivity contribution in [3.8, 4) is 0 Å². The summed E-state index contributed by atoms with van der Waals surface area (Å²) in [5.41, 5.74) is 0.0885. The first kappa shape index (κ1) is 14.5. The van der Waals surface area contributed by atoms with Gasteiger partial charge in [0.1, 0.15) is 0 Å². The average Bonchev–Trinajstić information content (AvgIpc) is 2.43. The highest BCUT2D eigenvalue weighted by Gasteiger charge is 2.37. The first-order chi connectivity index (χ1) is 7.61. The van der Waals surface area contributed by atoms with Crippen LogP contribution in [0.2, 0.25) is 0 Å². The van der Waals surface area contributed by atoms with E-state index >= 15 is 0 Å². The number of aliphatic carboxylic acids is 1. The first-order valence-electron chi connectivity index (χ1n) is 6.04. The summed E-state index contributed by atoms with van der Waals surface area (Å²) in [4.78, 5) is 11.2. The zero-order valence-corrected chi connectivity index (χ0v) is 11.6. The van der Waals surface area contributed by atoms with Crippen LogP contribution >= 0.6 is 0 Å². The minimum absolute atomic E-state index is 0.0497. The van der Waals surface area contributed by atoms with Crippen molar-refractivity contribution in [2.24, 2.45) is 17.3 Å². The molecule has 5 heteroatoms. The largest absolute Gasteiger partial charge is 0.481 e. The van der Waals surface area contributed by atoms with E-state index in [1.54, 1.807) is 0 Å². The number of rotatable bonds is 4. The molecule has 0 saturated carbocycles. The van der Waals surface area contributed by atoms with Crippen molar-refractivity contribution in [2.45, 2.75) is 40.0 Å². The predicted octanol–water partition coefficient (Wildman–Crippen LogP) is 1.95. The van der Waals surface area contributed by atoms with Crippen LogP contribution in [0.3, 0.4) is 0 Å². The lowest BCUT2D eigenvalue weighted by Crippen LogP contribution is -2.26. The van der Waals surface area contributed by atoms with E-state index in [4.69, 9.17) is 0 Å². The van der Waals surface area contributed by atoms with Crippen molar-refractivity contribution in [1.82, 2.24) is 0 Å². The molecule has 1 heterocycles. The SMILES string of the molecule is CC(C)(C)CCC(C(=O)O)C1CCS(=O)(=O)C1. The summed E-state index contributed by atoms with van der Waals surface area (Å²) in [5.74, 6) is -1.35. The van der Waals surface area contributed by atoms with E-state index in [9.17, 15) is 18.3 Å². The molecule has 0 bridgehead atoms. The molecule has 0 aliphatic carbocycles. The molecule has 0 radical (unpaired) electrons. The normalized spacial score (nSPS) is 25.7. The van der Waals surface area contributed by atoms with Gasteiger partial charge in [-0.25, -0.2) is 8.42 Å².